The van der Waals surface area contributed by atoms with Gasteiger partial charge in [-0.15, -0.1) is 0 Å². The Kier molecular flexibility index (Phi) is 10.2. The summed E-state index contributed by atoms with van der Waals surface area (Å²) in [6, 6.07) is 0. The molecule has 0 amide bonds. The predicted octanol–water partition coefficient (Wildman–Crippen LogP) is 0.486. The van der Waals surface area contributed by atoms with Crippen LogP contribution in [0.5, 0.6) is 0 Å². The maximum absolute atomic E-state index is 11.7. The van der Waals surface area contributed by atoms with Crippen molar-refractivity contribution in [2.45, 2.75) is 19.3 Å². The number of ether oxygens (including phenoxy) is 3. The van der Waals surface area contributed by atoms with Crippen molar-refractivity contribution in [1.82, 2.24) is 0 Å². The average Bonchev–Trinajstić information content (AvgIpc) is 2.50. The van der Waals surface area contributed by atoms with Gasteiger partial charge in [0.25, 0.3) is 0 Å². The first-order valence-electron chi connectivity index (χ1n) is 6.35. The largest absolute Gasteiger partial charge is 0.469 e. The first-order chi connectivity index (χ1) is 9.98. The van der Waals surface area contributed by atoms with Gasteiger partial charge in [-0.25, -0.2) is 9.78 Å². The second-order valence-corrected chi connectivity index (χ2v) is 4.33. The van der Waals surface area contributed by atoms with Gasteiger partial charge in [0.2, 0.25) is 0 Å². The van der Waals surface area contributed by atoms with Gasteiger partial charge in [0.15, 0.2) is 0 Å². The van der Waals surface area contributed by atoms with Crippen molar-refractivity contribution >= 4 is 17.9 Å². The molecule has 2 atom stereocenters. The van der Waals surface area contributed by atoms with E-state index in [9.17, 15) is 14.4 Å². The lowest BCUT2D eigenvalue weighted by Gasteiger charge is -2.20. The molecule has 0 aliphatic heterocycles. The number of carbonyl (C=O) groups is 3. The van der Waals surface area contributed by atoms with Crippen molar-refractivity contribution in [2.75, 3.05) is 35.0 Å². The Hall–Kier alpha value is -1.67. The van der Waals surface area contributed by atoms with E-state index in [1.54, 1.807) is 0 Å². The van der Waals surface area contributed by atoms with E-state index in [-0.39, 0.29) is 31.8 Å². The first kappa shape index (κ1) is 19.3. The highest BCUT2D eigenvalue weighted by molar-refractivity contribution is 5.80. The van der Waals surface area contributed by atoms with Crippen molar-refractivity contribution in [3.8, 4) is 0 Å². The van der Waals surface area contributed by atoms with Gasteiger partial charge >= 0.3 is 17.9 Å². The third-order valence-corrected chi connectivity index (χ3v) is 2.90. The summed E-state index contributed by atoms with van der Waals surface area (Å²) in [5.41, 5.74) is 0. The third-order valence-electron chi connectivity index (χ3n) is 2.90. The minimum absolute atomic E-state index is 0.0362. The molecule has 8 nitrogen and oxygen atoms in total. The van der Waals surface area contributed by atoms with Crippen LogP contribution in [-0.4, -0.2) is 53.0 Å². The maximum Gasteiger partial charge on any atom is 0.309 e. The van der Waals surface area contributed by atoms with E-state index in [4.69, 9.17) is 4.89 Å². The van der Waals surface area contributed by atoms with Gasteiger partial charge < -0.3 is 14.2 Å². The van der Waals surface area contributed by atoms with Gasteiger partial charge in [0.05, 0.1) is 53.8 Å². The molecule has 0 aromatic heterocycles. The highest BCUT2D eigenvalue weighted by atomic mass is 17.2. The molecule has 0 aromatic rings. The van der Waals surface area contributed by atoms with Crippen LogP contribution in [0.3, 0.4) is 0 Å². The van der Waals surface area contributed by atoms with Gasteiger partial charge in [-0.2, -0.15) is 0 Å². The molecule has 0 aliphatic carbocycles. The maximum atomic E-state index is 11.7. The topological polar surface area (TPSA) is 97.4 Å². The summed E-state index contributed by atoms with van der Waals surface area (Å²) in [4.78, 5) is 43.7. The molecule has 0 rings (SSSR count). The van der Waals surface area contributed by atoms with Crippen LogP contribution in [0.4, 0.5) is 0 Å². The number of methoxy groups -OCH3 is 3. The fraction of sp³-hybridized carbons (Fsp3) is 0.769. The lowest BCUT2D eigenvalue weighted by atomic mass is 9.90. The molecule has 2 unspecified atom stereocenters. The summed E-state index contributed by atoms with van der Waals surface area (Å²) < 4.78 is 13.8. The van der Waals surface area contributed by atoms with Crippen molar-refractivity contribution in [3.63, 3.8) is 0 Å². The number of hydrogen-bond acceptors (Lipinski definition) is 8. The highest BCUT2D eigenvalue weighted by Gasteiger charge is 2.28. The summed E-state index contributed by atoms with van der Waals surface area (Å²) in [5, 5.41) is 0. The summed E-state index contributed by atoms with van der Waals surface area (Å²) in [6.07, 6.45) is 0.114. The number of esters is 3. The van der Waals surface area contributed by atoms with E-state index in [1.807, 2.05) is 0 Å². The number of hydrogen-bond donors (Lipinski definition) is 0. The van der Waals surface area contributed by atoms with E-state index in [0.717, 1.165) is 0 Å². The van der Waals surface area contributed by atoms with Crippen molar-refractivity contribution < 1.29 is 38.4 Å². The number of carbonyl (C=O) groups excluding carboxylic acids is 3. The molecule has 0 aromatic carbocycles. The predicted molar refractivity (Wildman–Crippen MR) is 69.8 cm³/mol. The van der Waals surface area contributed by atoms with E-state index < -0.39 is 23.8 Å². The van der Waals surface area contributed by atoms with Crippen molar-refractivity contribution in [3.05, 3.63) is 0 Å². The quantitative estimate of drug-likeness (QED) is 0.249. The molecular weight excluding hydrogens is 284 g/mol. The molecule has 0 N–H and O–H groups in total. The normalized spacial score (nSPS) is 13.1. The van der Waals surface area contributed by atoms with Crippen LogP contribution in [0.25, 0.3) is 0 Å². The molecule has 0 saturated carbocycles. The highest BCUT2D eigenvalue weighted by Crippen LogP contribution is 2.22. The lowest BCUT2D eigenvalue weighted by molar-refractivity contribution is -0.280. The Morgan fingerprint density at radius 1 is 0.857 bits per heavy atom. The summed E-state index contributed by atoms with van der Waals surface area (Å²) >= 11 is 0. The van der Waals surface area contributed by atoms with E-state index in [0.29, 0.717) is 0 Å². The molecule has 0 bridgehead atoms. The van der Waals surface area contributed by atoms with Crippen molar-refractivity contribution in [1.29, 1.82) is 0 Å². The molecular formula is C13H22O8. The monoisotopic (exact) mass is 306 g/mol. The zero-order chi connectivity index (χ0) is 16.3. The van der Waals surface area contributed by atoms with Gasteiger partial charge in [-0.3, -0.25) is 14.4 Å². The molecule has 0 saturated heterocycles. The SMILES string of the molecule is COOCC(CC(=O)OC)CC(CC(=O)OC)C(=O)OC. The molecule has 0 fully saturated rings. The van der Waals surface area contributed by atoms with Gasteiger partial charge in [0, 0.05) is 0 Å². The zero-order valence-corrected chi connectivity index (χ0v) is 12.7. The van der Waals surface area contributed by atoms with Crippen LogP contribution in [0.1, 0.15) is 19.3 Å². The lowest BCUT2D eigenvalue weighted by Crippen LogP contribution is -2.26. The summed E-state index contributed by atoms with van der Waals surface area (Å²) in [5.74, 6) is -2.60. The third kappa shape index (κ3) is 8.26. The van der Waals surface area contributed by atoms with Crippen LogP contribution < -0.4 is 0 Å². The van der Waals surface area contributed by atoms with E-state index >= 15 is 0 Å². The fourth-order valence-electron chi connectivity index (χ4n) is 1.81. The summed E-state index contributed by atoms with van der Waals surface area (Å²) in [7, 11) is 5.06. The Morgan fingerprint density at radius 2 is 1.43 bits per heavy atom. The number of rotatable bonds is 10. The molecule has 0 radical (unpaired) electrons. The van der Waals surface area contributed by atoms with Gasteiger partial charge in [-0.05, 0) is 12.3 Å². The van der Waals surface area contributed by atoms with Crippen LogP contribution in [0.2, 0.25) is 0 Å². The van der Waals surface area contributed by atoms with Crippen LogP contribution in [-0.2, 0) is 38.4 Å². The second-order valence-electron chi connectivity index (χ2n) is 4.33. The summed E-state index contributed by atoms with van der Waals surface area (Å²) in [6.45, 7) is 0.0836. The smallest absolute Gasteiger partial charge is 0.309 e. The standard InChI is InChI=1S/C13H22O8/c1-17-11(14)6-9(8-21-20-4)5-10(13(16)19-3)7-12(15)18-2/h9-10H,5-8H2,1-4H3. The van der Waals surface area contributed by atoms with E-state index in [1.165, 1.54) is 28.4 Å². The van der Waals surface area contributed by atoms with Crippen LogP contribution in [0, 0.1) is 11.8 Å². The second kappa shape index (κ2) is 11.0. The van der Waals surface area contributed by atoms with Crippen LogP contribution in [0.15, 0.2) is 0 Å². The Bertz CT molecular complexity index is 341. The fourth-order valence-corrected chi connectivity index (χ4v) is 1.81. The Labute approximate surface area is 123 Å². The van der Waals surface area contributed by atoms with E-state index in [2.05, 4.69) is 19.1 Å². The molecule has 122 valence electrons. The molecule has 0 spiro atoms. The molecule has 0 heterocycles. The van der Waals surface area contributed by atoms with Gasteiger partial charge in [-0.1, -0.05) is 0 Å². The molecule has 21 heavy (non-hydrogen) atoms. The molecule has 0 aliphatic rings. The minimum Gasteiger partial charge on any atom is -0.469 e. The Balaban J connectivity index is 4.78. The Morgan fingerprint density at radius 3 is 1.90 bits per heavy atom. The van der Waals surface area contributed by atoms with Gasteiger partial charge in [0.1, 0.15) is 0 Å². The van der Waals surface area contributed by atoms with Crippen LogP contribution >= 0.6 is 0 Å². The zero-order valence-electron chi connectivity index (χ0n) is 12.7. The first-order valence-corrected chi connectivity index (χ1v) is 6.35. The minimum atomic E-state index is -0.724. The van der Waals surface area contributed by atoms with Crippen molar-refractivity contribution in [2.24, 2.45) is 11.8 Å². The molecule has 8 heteroatoms. The average molecular weight is 306 g/mol.